The molecule has 1 amide bonds. The van der Waals surface area contributed by atoms with Crippen molar-refractivity contribution in [2.45, 2.75) is 19.6 Å². The molecule has 0 radical (unpaired) electrons. The number of nitriles is 1. The van der Waals surface area contributed by atoms with Gasteiger partial charge in [-0.15, -0.1) is 0 Å². The van der Waals surface area contributed by atoms with E-state index in [2.05, 4.69) is 4.98 Å². The lowest BCUT2D eigenvalue weighted by atomic mass is 10.1. The highest BCUT2D eigenvalue weighted by Gasteiger charge is 2.16. The van der Waals surface area contributed by atoms with Gasteiger partial charge in [-0.25, -0.2) is 14.2 Å². The molecule has 7 heteroatoms. The van der Waals surface area contributed by atoms with Crippen LogP contribution < -0.4 is 5.69 Å². The first-order valence-corrected chi connectivity index (χ1v) is 8.58. The summed E-state index contributed by atoms with van der Waals surface area (Å²) >= 11 is 0. The summed E-state index contributed by atoms with van der Waals surface area (Å²) in [6, 6.07) is 16.5. The highest BCUT2D eigenvalue weighted by Crippen LogP contribution is 2.13. The van der Waals surface area contributed by atoms with E-state index in [1.807, 2.05) is 6.07 Å². The van der Waals surface area contributed by atoms with Gasteiger partial charge in [-0.05, 0) is 41.5 Å². The Morgan fingerprint density at radius 1 is 1.11 bits per heavy atom. The molecule has 3 rings (SSSR count). The molecule has 0 aliphatic rings. The predicted molar refractivity (Wildman–Crippen MR) is 100 cm³/mol. The summed E-state index contributed by atoms with van der Waals surface area (Å²) < 4.78 is 14.8. The average molecular weight is 376 g/mol. The molecule has 3 aromatic rings. The molecule has 0 bridgehead atoms. The average Bonchev–Trinajstić information content (AvgIpc) is 2.70. The maximum absolute atomic E-state index is 13.5. The van der Waals surface area contributed by atoms with Crippen molar-refractivity contribution in [3.05, 3.63) is 100.0 Å². The van der Waals surface area contributed by atoms with Gasteiger partial charge in [0.1, 0.15) is 12.4 Å². The molecule has 0 saturated carbocycles. The number of carbonyl (C=O) groups excluding carboxylic acids is 1. The SMILES string of the molecule is N#Cc1ccc(CN(Cc2cccc(F)c2)C(=O)Cn2cccnc2=O)cc1. The van der Waals surface area contributed by atoms with Crippen LogP contribution >= 0.6 is 0 Å². The van der Waals surface area contributed by atoms with Crippen molar-refractivity contribution < 1.29 is 9.18 Å². The summed E-state index contributed by atoms with van der Waals surface area (Å²) in [7, 11) is 0. The fourth-order valence-electron chi connectivity index (χ4n) is 2.75. The molecule has 0 N–H and O–H groups in total. The van der Waals surface area contributed by atoms with E-state index in [0.717, 1.165) is 5.56 Å². The van der Waals surface area contributed by atoms with Gasteiger partial charge in [0.15, 0.2) is 0 Å². The zero-order chi connectivity index (χ0) is 19.9. The number of nitrogens with zero attached hydrogens (tertiary/aromatic N) is 4. The van der Waals surface area contributed by atoms with E-state index in [9.17, 15) is 14.0 Å². The number of carbonyl (C=O) groups is 1. The van der Waals surface area contributed by atoms with Crippen LogP contribution in [-0.4, -0.2) is 20.4 Å². The largest absolute Gasteiger partial charge is 0.347 e. The second-order valence-electron chi connectivity index (χ2n) is 6.22. The van der Waals surface area contributed by atoms with E-state index in [0.29, 0.717) is 11.1 Å². The number of halogens is 1. The molecule has 0 spiro atoms. The van der Waals surface area contributed by atoms with Crippen molar-refractivity contribution in [3.8, 4) is 6.07 Å². The van der Waals surface area contributed by atoms with E-state index >= 15 is 0 Å². The first-order chi connectivity index (χ1) is 13.5. The fraction of sp³-hybridized carbons (Fsp3) is 0.143. The van der Waals surface area contributed by atoms with Crippen molar-refractivity contribution in [2.24, 2.45) is 0 Å². The minimum Gasteiger partial charge on any atom is -0.332 e. The van der Waals surface area contributed by atoms with Crippen LogP contribution in [0.3, 0.4) is 0 Å². The van der Waals surface area contributed by atoms with Gasteiger partial charge in [0.25, 0.3) is 0 Å². The van der Waals surface area contributed by atoms with Gasteiger partial charge in [0.2, 0.25) is 5.91 Å². The van der Waals surface area contributed by atoms with Gasteiger partial charge < -0.3 is 4.90 Å². The molecule has 28 heavy (non-hydrogen) atoms. The normalized spacial score (nSPS) is 10.3. The number of hydrogen-bond donors (Lipinski definition) is 0. The highest BCUT2D eigenvalue weighted by atomic mass is 19.1. The van der Waals surface area contributed by atoms with Gasteiger partial charge >= 0.3 is 5.69 Å². The second-order valence-corrected chi connectivity index (χ2v) is 6.22. The lowest BCUT2D eigenvalue weighted by Crippen LogP contribution is -2.36. The fourth-order valence-corrected chi connectivity index (χ4v) is 2.75. The third kappa shape index (κ3) is 4.89. The third-order valence-electron chi connectivity index (χ3n) is 4.16. The third-order valence-corrected chi connectivity index (χ3v) is 4.16. The van der Waals surface area contributed by atoms with Crippen molar-refractivity contribution in [3.63, 3.8) is 0 Å². The number of amides is 1. The topological polar surface area (TPSA) is 79.0 Å². The summed E-state index contributed by atoms with van der Waals surface area (Å²) in [5, 5.41) is 8.92. The molecule has 140 valence electrons. The Labute approximate surface area is 161 Å². The zero-order valence-electron chi connectivity index (χ0n) is 15.0. The first kappa shape index (κ1) is 19.0. The van der Waals surface area contributed by atoms with Crippen molar-refractivity contribution in [2.75, 3.05) is 0 Å². The zero-order valence-corrected chi connectivity index (χ0v) is 15.0. The Balaban J connectivity index is 1.84. The summed E-state index contributed by atoms with van der Waals surface area (Å²) in [4.78, 5) is 29.9. The number of benzene rings is 2. The van der Waals surface area contributed by atoms with Crippen LogP contribution in [0, 0.1) is 17.1 Å². The molecule has 0 aliphatic carbocycles. The van der Waals surface area contributed by atoms with Crippen LogP contribution in [0.2, 0.25) is 0 Å². The standard InChI is InChI=1S/C21H17FN4O2/c22-19-4-1-3-18(11-19)14-26(13-17-7-5-16(12-23)6-8-17)20(27)15-25-10-2-9-24-21(25)28/h1-11H,13-15H2. The number of hydrogen-bond acceptors (Lipinski definition) is 4. The summed E-state index contributed by atoms with van der Waals surface area (Å²) in [6.45, 7) is 0.278. The Bertz CT molecular complexity index is 1070. The molecule has 1 aromatic heterocycles. The minimum absolute atomic E-state index is 0.168. The Hall–Kier alpha value is -3.79. The van der Waals surface area contributed by atoms with Crippen molar-refractivity contribution >= 4 is 5.91 Å². The molecule has 0 fully saturated rings. The predicted octanol–water partition coefficient (Wildman–Crippen LogP) is 2.48. The summed E-state index contributed by atoms with van der Waals surface area (Å²) in [5.74, 6) is -0.685. The van der Waals surface area contributed by atoms with E-state index in [4.69, 9.17) is 5.26 Å². The van der Waals surface area contributed by atoms with Crippen LogP contribution in [0.15, 0.2) is 71.8 Å². The number of aromatic nitrogens is 2. The smallest absolute Gasteiger partial charge is 0.332 e. The first-order valence-electron chi connectivity index (χ1n) is 8.58. The van der Waals surface area contributed by atoms with E-state index in [1.165, 1.54) is 34.0 Å². The van der Waals surface area contributed by atoms with Gasteiger partial charge in [0, 0.05) is 25.5 Å². The molecular weight excluding hydrogens is 359 g/mol. The molecule has 1 heterocycles. The Morgan fingerprint density at radius 3 is 2.54 bits per heavy atom. The molecule has 2 aromatic carbocycles. The lowest BCUT2D eigenvalue weighted by molar-refractivity contribution is -0.133. The maximum atomic E-state index is 13.5. The van der Waals surface area contributed by atoms with Crippen molar-refractivity contribution in [1.29, 1.82) is 5.26 Å². The second kappa shape index (κ2) is 8.73. The van der Waals surface area contributed by atoms with Crippen LogP contribution in [0.25, 0.3) is 0 Å². The highest BCUT2D eigenvalue weighted by molar-refractivity contribution is 5.76. The molecule has 0 saturated heterocycles. The monoisotopic (exact) mass is 376 g/mol. The Kier molecular flexibility index (Phi) is 5.92. The van der Waals surface area contributed by atoms with Crippen LogP contribution in [0.4, 0.5) is 4.39 Å². The summed E-state index contributed by atoms with van der Waals surface area (Å²) in [5.41, 5.74) is 1.47. The van der Waals surface area contributed by atoms with Gasteiger partial charge in [-0.1, -0.05) is 24.3 Å². The number of rotatable bonds is 6. The van der Waals surface area contributed by atoms with Crippen LogP contribution in [0.1, 0.15) is 16.7 Å². The Morgan fingerprint density at radius 2 is 1.86 bits per heavy atom. The molecule has 0 unspecified atom stereocenters. The van der Waals surface area contributed by atoms with Crippen molar-refractivity contribution in [1.82, 2.24) is 14.5 Å². The van der Waals surface area contributed by atoms with E-state index in [-0.39, 0.29) is 31.4 Å². The molecule has 6 nitrogen and oxygen atoms in total. The van der Waals surface area contributed by atoms with Gasteiger partial charge in [-0.3, -0.25) is 9.36 Å². The van der Waals surface area contributed by atoms with Crippen LogP contribution in [0.5, 0.6) is 0 Å². The van der Waals surface area contributed by atoms with E-state index in [1.54, 1.807) is 42.5 Å². The van der Waals surface area contributed by atoms with Gasteiger partial charge in [0.05, 0.1) is 11.6 Å². The van der Waals surface area contributed by atoms with E-state index < -0.39 is 5.69 Å². The lowest BCUT2D eigenvalue weighted by Gasteiger charge is -2.23. The summed E-state index contributed by atoms with van der Waals surface area (Å²) in [6.07, 6.45) is 2.86. The van der Waals surface area contributed by atoms with Crippen LogP contribution in [-0.2, 0) is 24.4 Å². The quantitative estimate of drug-likeness (QED) is 0.662. The molecule has 0 atom stereocenters. The molecular formula is C21H17FN4O2. The minimum atomic E-state index is -0.514. The van der Waals surface area contributed by atoms with Gasteiger partial charge in [-0.2, -0.15) is 5.26 Å². The molecule has 0 aliphatic heterocycles. The maximum Gasteiger partial charge on any atom is 0.347 e.